The first-order valence-corrected chi connectivity index (χ1v) is 12.5. The summed E-state index contributed by atoms with van der Waals surface area (Å²) in [6.07, 6.45) is 3.29. The number of carboxylic acids is 1. The van der Waals surface area contributed by atoms with Gasteiger partial charge in [-0.15, -0.1) is 0 Å². The second-order valence-corrected chi connectivity index (χ2v) is 9.84. The van der Waals surface area contributed by atoms with Gasteiger partial charge in [-0.3, -0.25) is 9.59 Å². The van der Waals surface area contributed by atoms with E-state index >= 15 is 0 Å². The predicted octanol–water partition coefficient (Wildman–Crippen LogP) is 4.84. The molecule has 2 unspecified atom stereocenters. The number of benzene rings is 2. The summed E-state index contributed by atoms with van der Waals surface area (Å²) < 4.78 is 5.61. The van der Waals surface area contributed by atoms with Crippen molar-refractivity contribution in [2.45, 2.75) is 70.4 Å². The van der Waals surface area contributed by atoms with E-state index in [1.807, 2.05) is 31.2 Å². The fourth-order valence-electron chi connectivity index (χ4n) is 5.43. The summed E-state index contributed by atoms with van der Waals surface area (Å²) in [5.41, 5.74) is 3.53. The maximum absolute atomic E-state index is 13.1. The molecule has 0 spiro atoms. The highest BCUT2D eigenvalue weighted by Crippen LogP contribution is 2.44. The number of ether oxygens (including phenoxy) is 1. The molecule has 3 N–H and O–H groups in total. The van der Waals surface area contributed by atoms with Gasteiger partial charge in [0.25, 0.3) is 0 Å². The van der Waals surface area contributed by atoms with Crippen LogP contribution in [0.4, 0.5) is 4.79 Å². The Labute approximate surface area is 206 Å². The molecule has 0 heterocycles. The average molecular weight is 479 g/mol. The Balaban J connectivity index is 1.40. The molecule has 1 saturated carbocycles. The van der Waals surface area contributed by atoms with Gasteiger partial charge in [0.2, 0.25) is 5.91 Å². The first-order valence-electron chi connectivity index (χ1n) is 12.5. The monoisotopic (exact) mass is 478 g/mol. The molecule has 3 atom stereocenters. The molecule has 35 heavy (non-hydrogen) atoms. The van der Waals surface area contributed by atoms with Gasteiger partial charge < -0.3 is 20.5 Å². The number of nitrogens with one attached hydrogen (secondary N) is 2. The standard InChI is InChI=1S/C28H34N2O5/c1-3-10-23(25(31)30-24-15-8-9-16-28(24,2)26(32)33)29-27(34)35-17-22-20-13-6-4-11-18(20)19-12-5-7-14-21(19)22/h4-7,11-14,22-24H,3,8-10,15-17H2,1-2H3,(H,29,34)(H,30,31)(H,32,33)/t23-,24?,28?/m0/s1. The zero-order valence-electron chi connectivity index (χ0n) is 20.4. The maximum atomic E-state index is 13.1. The van der Waals surface area contributed by atoms with E-state index < -0.39 is 29.6 Å². The first kappa shape index (κ1) is 24.8. The largest absolute Gasteiger partial charge is 0.481 e. The van der Waals surface area contributed by atoms with E-state index in [-0.39, 0.29) is 18.4 Å². The molecule has 4 rings (SSSR count). The molecule has 2 aromatic carbocycles. The molecular weight excluding hydrogens is 444 g/mol. The lowest BCUT2D eigenvalue weighted by Crippen LogP contribution is -2.56. The molecule has 0 aromatic heterocycles. The van der Waals surface area contributed by atoms with Crippen molar-refractivity contribution in [3.05, 3.63) is 59.7 Å². The first-order chi connectivity index (χ1) is 16.8. The zero-order chi connectivity index (χ0) is 25.0. The lowest BCUT2D eigenvalue weighted by molar-refractivity contribution is -0.152. The summed E-state index contributed by atoms with van der Waals surface area (Å²) in [4.78, 5) is 37.7. The lowest BCUT2D eigenvalue weighted by atomic mass is 9.71. The third kappa shape index (κ3) is 5.04. The van der Waals surface area contributed by atoms with Crippen molar-refractivity contribution in [2.24, 2.45) is 5.41 Å². The molecule has 2 aromatic rings. The predicted molar refractivity (Wildman–Crippen MR) is 133 cm³/mol. The van der Waals surface area contributed by atoms with Gasteiger partial charge in [0.05, 0.1) is 5.41 Å². The number of amides is 2. The minimum atomic E-state index is -1.01. The fraction of sp³-hybridized carbons (Fsp3) is 0.464. The second kappa shape index (κ2) is 10.5. The number of hydrogen-bond donors (Lipinski definition) is 3. The number of carboxylic acid groups (broad SMARTS) is 1. The van der Waals surface area contributed by atoms with Gasteiger partial charge in [0.15, 0.2) is 0 Å². The molecular formula is C28H34N2O5. The number of aliphatic carboxylic acids is 1. The van der Waals surface area contributed by atoms with E-state index in [1.54, 1.807) is 6.92 Å². The molecule has 0 aliphatic heterocycles. The van der Waals surface area contributed by atoms with E-state index in [4.69, 9.17) is 4.74 Å². The van der Waals surface area contributed by atoms with E-state index in [2.05, 4.69) is 34.9 Å². The summed E-state index contributed by atoms with van der Waals surface area (Å²) in [6.45, 7) is 3.79. The SMILES string of the molecule is CCC[C@H](NC(=O)OCC1c2ccccc2-c2ccccc21)C(=O)NC1CCCCC1(C)C(=O)O. The number of fused-ring (bicyclic) bond motifs is 3. The number of rotatable bonds is 8. The number of carbonyl (C=O) groups is 3. The molecule has 0 radical (unpaired) electrons. The van der Waals surface area contributed by atoms with Crippen molar-refractivity contribution < 1.29 is 24.2 Å². The topological polar surface area (TPSA) is 105 Å². The highest BCUT2D eigenvalue weighted by Gasteiger charge is 2.44. The third-order valence-corrected chi connectivity index (χ3v) is 7.54. The van der Waals surface area contributed by atoms with Crippen LogP contribution in [0, 0.1) is 5.41 Å². The van der Waals surface area contributed by atoms with Crippen LogP contribution >= 0.6 is 0 Å². The van der Waals surface area contributed by atoms with Crippen LogP contribution in [-0.4, -0.2) is 41.8 Å². The molecule has 2 amide bonds. The smallest absolute Gasteiger partial charge is 0.407 e. The molecule has 186 valence electrons. The van der Waals surface area contributed by atoms with Crippen molar-refractivity contribution in [1.29, 1.82) is 0 Å². The second-order valence-electron chi connectivity index (χ2n) is 9.84. The fourth-order valence-corrected chi connectivity index (χ4v) is 5.43. The van der Waals surface area contributed by atoms with Gasteiger partial charge in [-0.2, -0.15) is 0 Å². The van der Waals surface area contributed by atoms with E-state index in [1.165, 1.54) is 0 Å². The molecule has 0 bridgehead atoms. The van der Waals surface area contributed by atoms with Gasteiger partial charge >= 0.3 is 12.1 Å². The molecule has 1 fully saturated rings. The van der Waals surface area contributed by atoms with Crippen LogP contribution in [0.25, 0.3) is 11.1 Å². The van der Waals surface area contributed by atoms with Crippen LogP contribution < -0.4 is 10.6 Å². The highest BCUT2D eigenvalue weighted by molar-refractivity contribution is 5.87. The summed E-state index contributed by atoms with van der Waals surface area (Å²) in [5, 5.41) is 15.4. The molecule has 0 saturated heterocycles. The van der Waals surface area contributed by atoms with E-state index in [9.17, 15) is 19.5 Å². The van der Waals surface area contributed by atoms with Crippen LogP contribution in [0.15, 0.2) is 48.5 Å². The normalized spacial score (nSPS) is 21.9. The van der Waals surface area contributed by atoms with Gasteiger partial charge in [0, 0.05) is 12.0 Å². The van der Waals surface area contributed by atoms with Gasteiger partial charge in [0.1, 0.15) is 12.6 Å². The maximum Gasteiger partial charge on any atom is 0.407 e. The number of carbonyl (C=O) groups excluding carboxylic acids is 2. The van der Waals surface area contributed by atoms with Crippen LogP contribution in [0.1, 0.15) is 69.4 Å². The minimum absolute atomic E-state index is 0.0647. The summed E-state index contributed by atoms with van der Waals surface area (Å²) >= 11 is 0. The zero-order valence-corrected chi connectivity index (χ0v) is 20.4. The Kier molecular flexibility index (Phi) is 7.43. The third-order valence-electron chi connectivity index (χ3n) is 7.54. The summed E-state index contributed by atoms with van der Waals surface area (Å²) in [5.74, 6) is -1.33. The van der Waals surface area contributed by atoms with Crippen LogP contribution in [0.2, 0.25) is 0 Å². The van der Waals surface area contributed by atoms with Crippen LogP contribution in [0.5, 0.6) is 0 Å². The van der Waals surface area contributed by atoms with Crippen molar-refractivity contribution in [3.63, 3.8) is 0 Å². The van der Waals surface area contributed by atoms with E-state index in [0.29, 0.717) is 25.7 Å². The molecule has 2 aliphatic rings. The van der Waals surface area contributed by atoms with Crippen molar-refractivity contribution in [2.75, 3.05) is 6.61 Å². The molecule has 7 heteroatoms. The van der Waals surface area contributed by atoms with Gasteiger partial charge in [-0.1, -0.05) is 74.7 Å². The Morgan fingerprint density at radius 1 is 1.06 bits per heavy atom. The number of hydrogen-bond acceptors (Lipinski definition) is 4. The van der Waals surface area contributed by atoms with Crippen molar-refractivity contribution in [3.8, 4) is 11.1 Å². The Morgan fingerprint density at radius 2 is 1.69 bits per heavy atom. The van der Waals surface area contributed by atoms with Crippen LogP contribution in [0.3, 0.4) is 0 Å². The quantitative estimate of drug-likeness (QED) is 0.503. The average Bonchev–Trinajstić information content (AvgIpc) is 3.17. The lowest BCUT2D eigenvalue weighted by Gasteiger charge is -2.39. The van der Waals surface area contributed by atoms with Crippen molar-refractivity contribution >= 4 is 18.0 Å². The van der Waals surface area contributed by atoms with Crippen molar-refractivity contribution in [1.82, 2.24) is 10.6 Å². The van der Waals surface area contributed by atoms with Gasteiger partial charge in [-0.25, -0.2) is 4.79 Å². The number of alkyl carbamates (subject to hydrolysis) is 1. The summed E-state index contributed by atoms with van der Waals surface area (Å²) in [6, 6.07) is 15.0. The molecule has 7 nitrogen and oxygen atoms in total. The van der Waals surface area contributed by atoms with E-state index in [0.717, 1.165) is 35.1 Å². The summed E-state index contributed by atoms with van der Waals surface area (Å²) in [7, 11) is 0. The van der Waals surface area contributed by atoms with Gasteiger partial charge in [-0.05, 0) is 48.4 Å². The Bertz CT molecular complexity index is 1050. The Hall–Kier alpha value is -3.35. The minimum Gasteiger partial charge on any atom is -0.481 e. The highest BCUT2D eigenvalue weighted by atomic mass is 16.5. The van der Waals surface area contributed by atoms with Crippen LogP contribution in [-0.2, 0) is 14.3 Å². The molecule has 2 aliphatic carbocycles. The Morgan fingerprint density at radius 3 is 2.29 bits per heavy atom.